The van der Waals surface area contributed by atoms with Gasteiger partial charge in [-0.1, -0.05) is 6.07 Å². The van der Waals surface area contributed by atoms with Crippen molar-refractivity contribution in [2.24, 2.45) is 0 Å². The summed E-state index contributed by atoms with van der Waals surface area (Å²) in [7, 11) is 0. The fraction of sp³-hybridized carbons (Fsp3) is 0.250. The molecule has 1 aromatic rings. The Morgan fingerprint density at radius 3 is 2.62 bits per heavy atom. The highest BCUT2D eigenvalue weighted by molar-refractivity contribution is 9.12. The summed E-state index contributed by atoms with van der Waals surface area (Å²) in [5.74, 6) is 0.999. The van der Waals surface area contributed by atoms with Crippen LogP contribution in [-0.2, 0) is 0 Å². The van der Waals surface area contributed by atoms with Crippen molar-refractivity contribution < 1.29 is 14.6 Å². The molecule has 0 saturated carbocycles. The number of rotatable bonds is 0. The molecule has 0 bridgehead atoms. The standard InChI is InChI=1S/C8H6Br2O3/c9-7-8(10)13-6-4(11)2-1-3-5(6)12-7/h1-3,7-8,11H. The van der Waals surface area contributed by atoms with Crippen LogP contribution < -0.4 is 9.47 Å². The minimum Gasteiger partial charge on any atom is -0.504 e. The molecule has 0 spiro atoms. The van der Waals surface area contributed by atoms with E-state index < -0.39 is 0 Å². The highest BCUT2D eigenvalue weighted by atomic mass is 79.9. The van der Waals surface area contributed by atoms with Crippen molar-refractivity contribution in [3.63, 3.8) is 0 Å². The molecule has 1 aliphatic heterocycles. The molecule has 13 heavy (non-hydrogen) atoms. The summed E-state index contributed by atoms with van der Waals surface area (Å²) >= 11 is 6.52. The monoisotopic (exact) mass is 308 g/mol. The first kappa shape index (κ1) is 9.15. The third-order valence-corrected chi connectivity index (χ3v) is 3.68. The van der Waals surface area contributed by atoms with Crippen molar-refractivity contribution in [3.05, 3.63) is 18.2 Å². The Balaban J connectivity index is 2.42. The van der Waals surface area contributed by atoms with E-state index in [4.69, 9.17) is 9.47 Å². The van der Waals surface area contributed by atoms with Crippen molar-refractivity contribution in [1.29, 1.82) is 0 Å². The molecule has 0 aromatic heterocycles. The minimum atomic E-state index is -0.298. The van der Waals surface area contributed by atoms with Gasteiger partial charge in [-0.05, 0) is 44.0 Å². The summed E-state index contributed by atoms with van der Waals surface area (Å²) in [5.41, 5.74) is 0. The van der Waals surface area contributed by atoms with Crippen LogP contribution in [0.5, 0.6) is 17.2 Å². The number of hydrogen-bond donors (Lipinski definition) is 1. The molecule has 0 amide bonds. The number of phenolic OH excluding ortho intramolecular Hbond substituents is 1. The molecule has 1 aromatic carbocycles. The first-order chi connectivity index (χ1) is 6.18. The van der Waals surface area contributed by atoms with Crippen LogP contribution >= 0.6 is 31.9 Å². The zero-order valence-electron chi connectivity index (χ0n) is 6.41. The van der Waals surface area contributed by atoms with E-state index in [-0.39, 0.29) is 15.8 Å². The van der Waals surface area contributed by atoms with Crippen LogP contribution in [0.25, 0.3) is 0 Å². The van der Waals surface area contributed by atoms with E-state index in [2.05, 4.69) is 31.9 Å². The second-order valence-corrected chi connectivity index (χ2v) is 4.35. The maximum Gasteiger partial charge on any atom is 0.204 e. The van der Waals surface area contributed by atoms with Crippen LogP contribution in [0.2, 0.25) is 0 Å². The summed E-state index contributed by atoms with van der Waals surface area (Å²) < 4.78 is 10.8. The van der Waals surface area contributed by atoms with E-state index in [9.17, 15) is 5.11 Å². The fourth-order valence-electron chi connectivity index (χ4n) is 1.06. The molecular formula is C8H6Br2O3. The number of ether oxygens (including phenoxy) is 2. The van der Waals surface area contributed by atoms with Crippen LogP contribution in [0.3, 0.4) is 0 Å². The second kappa shape index (κ2) is 3.38. The predicted molar refractivity (Wildman–Crippen MR) is 54.8 cm³/mol. The molecule has 0 radical (unpaired) electrons. The number of halogens is 2. The Hall–Kier alpha value is -0.420. The first-order valence-corrected chi connectivity index (χ1v) is 5.45. The predicted octanol–water partition coefficient (Wildman–Crippen LogP) is 2.61. The van der Waals surface area contributed by atoms with Gasteiger partial charge in [0.25, 0.3) is 0 Å². The Morgan fingerprint density at radius 2 is 1.85 bits per heavy atom. The Kier molecular flexibility index (Phi) is 2.38. The van der Waals surface area contributed by atoms with Crippen LogP contribution in [0.15, 0.2) is 18.2 Å². The zero-order valence-corrected chi connectivity index (χ0v) is 9.58. The lowest BCUT2D eigenvalue weighted by molar-refractivity contribution is 0.130. The van der Waals surface area contributed by atoms with E-state index in [0.29, 0.717) is 11.5 Å². The molecule has 1 N–H and O–H groups in total. The van der Waals surface area contributed by atoms with E-state index in [0.717, 1.165) is 0 Å². The number of alkyl halides is 2. The molecule has 1 heterocycles. The molecule has 2 unspecified atom stereocenters. The molecule has 0 saturated heterocycles. The highest BCUT2D eigenvalue weighted by Crippen LogP contribution is 2.42. The largest absolute Gasteiger partial charge is 0.504 e. The van der Waals surface area contributed by atoms with Gasteiger partial charge in [-0.15, -0.1) is 0 Å². The van der Waals surface area contributed by atoms with E-state index in [1.54, 1.807) is 18.2 Å². The number of fused-ring (bicyclic) bond motifs is 1. The molecule has 3 nitrogen and oxygen atoms in total. The topological polar surface area (TPSA) is 38.7 Å². The van der Waals surface area contributed by atoms with E-state index in [1.807, 2.05) is 0 Å². The maximum atomic E-state index is 9.42. The summed E-state index contributed by atoms with van der Waals surface area (Å²) in [6.45, 7) is 0. The third-order valence-electron chi connectivity index (χ3n) is 1.63. The van der Waals surface area contributed by atoms with E-state index >= 15 is 0 Å². The van der Waals surface area contributed by atoms with Crippen molar-refractivity contribution in [2.75, 3.05) is 0 Å². The SMILES string of the molecule is Oc1cccc2c1OC(Br)C(Br)O2. The molecule has 0 aliphatic carbocycles. The number of hydrogen-bond acceptors (Lipinski definition) is 3. The van der Waals surface area contributed by atoms with Gasteiger partial charge in [0.1, 0.15) is 0 Å². The molecule has 2 rings (SSSR count). The van der Waals surface area contributed by atoms with Gasteiger partial charge in [-0.25, -0.2) is 0 Å². The number of phenols is 1. The Bertz CT molecular complexity index is 329. The van der Waals surface area contributed by atoms with Gasteiger partial charge in [0.05, 0.1) is 0 Å². The van der Waals surface area contributed by atoms with Gasteiger partial charge in [-0.3, -0.25) is 0 Å². The maximum absolute atomic E-state index is 9.42. The quantitative estimate of drug-likeness (QED) is 0.749. The van der Waals surface area contributed by atoms with Gasteiger partial charge in [0, 0.05) is 0 Å². The summed E-state index contributed by atoms with van der Waals surface area (Å²) in [4.78, 5) is 0. The molecule has 70 valence electrons. The molecule has 1 aliphatic rings. The van der Waals surface area contributed by atoms with Gasteiger partial charge < -0.3 is 14.6 Å². The molecule has 5 heteroatoms. The summed E-state index contributed by atoms with van der Waals surface area (Å²) in [6, 6.07) is 4.99. The van der Waals surface area contributed by atoms with Gasteiger partial charge in [0.2, 0.25) is 5.75 Å². The van der Waals surface area contributed by atoms with Crippen LogP contribution in [0.1, 0.15) is 0 Å². The smallest absolute Gasteiger partial charge is 0.204 e. The third kappa shape index (κ3) is 1.62. The lowest BCUT2D eigenvalue weighted by atomic mass is 10.3. The Labute approximate surface area is 91.9 Å². The molecular weight excluding hydrogens is 304 g/mol. The minimum absolute atomic E-state index is 0.0846. The molecule has 2 atom stereocenters. The highest BCUT2D eigenvalue weighted by Gasteiger charge is 2.28. The zero-order chi connectivity index (χ0) is 9.42. The average molecular weight is 310 g/mol. The van der Waals surface area contributed by atoms with Crippen molar-refractivity contribution in [2.45, 2.75) is 10.0 Å². The number of para-hydroxylation sites is 1. The van der Waals surface area contributed by atoms with Gasteiger partial charge >= 0.3 is 0 Å². The normalized spacial score (nSPS) is 25.7. The summed E-state index contributed by atoms with van der Waals surface area (Å²) in [6.07, 6.45) is 0. The lowest BCUT2D eigenvalue weighted by Crippen LogP contribution is -2.30. The first-order valence-electron chi connectivity index (χ1n) is 3.62. The van der Waals surface area contributed by atoms with Crippen LogP contribution in [0.4, 0.5) is 0 Å². The molecule has 0 fully saturated rings. The van der Waals surface area contributed by atoms with Crippen LogP contribution in [-0.4, -0.2) is 15.1 Å². The number of benzene rings is 1. The average Bonchev–Trinajstić information content (AvgIpc) is 2.09. The van der Waals surface area contributed by atoms with E-state index in [1.165, 1.54) is 0 Å². The van der Waals surface area contributed by atoms with Crippen molar-refractivity contribution in [1.82, 2.24) is 0 Å². The number of aromatic hydroxyl groups is 1. The second-order valence-electron chi connectivity index (χ2n) is 2.54. The lowest BCUT2D eigenvalue weighted by Gasteiger charge is -2.27. The van der Waals surface area contributed by atoms with Crippen molar-refractivity contribution in [3.8, 4) is 17.2 Å². The Morgan fingerprint density at radius 1 is 1.15 bits per heavy atom. The van der Waals surface area contributed by atoms with Crippen LogP contribution in [0, 0.1) is 0 Å². The fourth-order valence-corrected chi connectivity index (χ4v) is 1.66. The van der Waals surface area contributed by atoms with Crippen molar-refractivity contribution >= 4 is 31.9 Å². The van der Waals surface area contributed by atoms with Gasteiger partial charge in [0.15, 0.2) is 21.5 Å². The summed E-state index contributed by atoms with van der Waals surface area (Å²) in [5, 5.41) is 8.87. The van der Waals surface area contributed by atoms with Gasteiger partial charge in [-0.2, -0.15) is 0 Å².